The highest BCUT2D eigenvalue weighted by Gasteiger charge is 2.24. The largest absolute Gasteiger partial charge is 0.325 e. The third-order valence-corrected chi connectivity index (χ3v) is 8.21. The monoisotopic (exact) mass is 575 g/mol. The van der Waals surface area contributed by atoms with Crippen LogP contribution in [0.5, 0.6) is 0 Å². The number of sulfonamides is 2. The Balaban J connectivity index is 1.75. The standard InChI is InChI=1S/C22H20Cl3N3O5S2/c1-14-4-3-5-16(10-14)27-35(32,33)17-8-6-15(7-9-17)26-22(29)13-28(34(2,30)31)21-12-19(24)18(23)11-20(21)25/h3-12,27H,13H2,1-2H3,(H,26,29). The van der Waals surface area contributed by atoms with Crippen LogP contribution in [0.4, 0.5) is 17.1 Å². The first kappa shape index (κ1) is 27.1. The maximum absolute atomic E-state index is 12.6. The van der Waals surface area contributed by atoms with E-state index in [-0.39, 0.29) is 31.3 Å². The summed E-state index contributed by atoms with van der Waals surface area (Å²) in [4.78, 5) is 12.6. The number of hydrogen-bond donors (Lipinski definition) is 2. The zero-order chi connectivity index (χ0) is 26.0. The number of amides is 1. The van der Waals surface area contributed by atoms with Crippen LogP contribution in [0.1, 0.15) is 5.56 Å². The van der Waals surface area contributed by atoms with Crippen molar-refractivity contribution in [1.82, 2.24) is 0 Å². The molecule has 8 nitrogen and oxygen atoms in total. The van der Waals surface area contributed by atoms with E-state index in [1.165, 1.54) is 36.4 Å². The number of carbonyl (C=O) groups is 1. The minimum Gasteiger partial charge on any atom is -0.325 e. The van der Waals surface area contributed by atoms with Crippen LogP contribution in [0.25, 0.3) is 0 Å². The van der Waals surface area contributed by atoms with Gasteiger partial charge in [-0.25, -0.2) is 16.8 Å². The van der Waals surface area contributed by atoms with Gasteiger partial charge in [-0.15, -0.1) is 0 Å². The molecule has 3 aromatic carbocycles. The molecule has 0 radical (unpaired) electrons. The number of rotatable bonds is 8. The lowest BCUT2D eigenvalue weighted by Crippen LogP contribution is -2.37. The van der Waals surface area contributed by atoms with Crippen LogP contribution in [-0.4, -0.2) is 35.5 Å². The molecule has 1 amide bonds. The molecule has 0 aliphatic rings. The first-order chi connectivity index (χ1) is 16.3. The third-order valence-electron chi connectivity index (χ3n) is 4.66. The van der Waals surface area contributed by atoms with Gasteiger partial charge in [-0.1, -0.05) is 46.9 Å². The van der Waals surface area contributed by atoms with E-state index in [4.69, 9.17) is 34.8 Å². The maximum atomic E-state index is 12.6. The van der Waals surface area contributed by atoms with Gasteiger partial charge in [0.05, 0.1) is 31.9 Å². The van der Waals surface area contributed by atoms with Gasteiger partial charge in [0.25, 0.3) is 10.0 Å². The molecular weight excluding hydrogens is 557 g/mol. The molecular formula is C22H20Cl3N3O5S2. The predicted molar refractivity (Wildman–Crippen MR) is 141 cm³/mol. The summed E-state index contributed by atoms with van der Waals surface area (Å²) in [6, 6.07) is 14.8. The molecule has 0 bridgehead atoms. The minimum absolute atomic E-state index is 0.00621. The summed E-state index contributed by atoms with van der Waals surface area (Å²) in [5.74, 6) is -0.689. The molecule has 0 fully saturated rings. The first-order valence-electron chi connectivity index (χ1n) is 9.88. The second-order valence-corrected chi connectivity index (χ2v) is 12.3. The van der Waals surface area contributed by atoms with Gasteiger partial charge >= 0.3 is 0 Å². The zero-order valence-corrected chi connectivity index (χ0v) is 22.3. The molecule has 3 rings (SSSR count). The van der Waals surface area contributed by atoms with Crippen molar-refractivity contribution in [1.29, 1.82) is 0 Å². The van der Waals surface area contributed by atoms with E-state index in [9.17, 15) is 21.6 Å². The summed E-state index contributed by atoms with van der Waals surface area (Å²) in [5.41, 5.74) is 1.57. The summed E-state index contributed by atoms with van der Waals surface area (Å²) >= 11 is 18.0. The van der Waals surface area contributed by atoms with Crippen LogP contribution in [0.2, 0.25) is 15.1 Å². The van der Waals surface area contributed by atoms with Crippen molar-refractivity contribution in [3.05, 3.63) is 81.3 Å². The predicted octanol–water partition coefficient (Wildman–Crippen LogP) is 5.16. The van der Waals surface area contributed by atoms with Crippen molar-refractivity contribution in [2.45, 2.75) is 11.8 Å². The fraction of sp³-hybridized carbons (Fsp3) is 0.136. The molecule has 0 heterocycles. The number of benzene rings is 3. The Morgan fingerprint density at radius 3 is 2.09 bits per heavy atom. The van der Waals surface area contributed by atoms with Crippen molar-refractivity contribution in [2.75, 3.05) is 27.1 Å². The molecule has 2 N–H and O–H groups in total. The van der Waals surface area contributed by atoms with Crippen LogP contribution in [0.15, 0.2) is 65.6 Å². The third kappa shape index (κ3) is 7.02. The normalized spacial score (nSPS) is 11.7. The molecule has 186 valence electrons. The van der Waals surface area contributed by atoms with E-state index >= 15 is 0 Å². The Bertz CT molecular complexity index is 1480. The summed E-state index contributed by atoms with van der Waals surface area (Å²) in [7, 11) is -7.77. The molecule has 0 aromatic heterocycles. The molecule has 0 aliphatic heterocycles. The Hall–Kier alpha value is -2.50. The Morgan fingerprint density at radius 2 is 1.49 bits per heavy atom. The van der Waals surface area contributed by atoms with Gasteiger partial charge in [-0.3, -0.25) is 13.8 Å². The van der Waals surface area contributed by atoms with Crippen LogP contribution in [0.3, 0.4) is 0 Å². The second-order valence-electron chi connectivity index (χ2n) is 7.53. The van der Waals surface area contributed by atoms with Crippen LogP contribution in [0, 0.1) is 6.92 Å². The highest BCUT2D eigenvalue weighted by molar-refractivity contribution is 7.92. The second kappa shape index (κ2) is 10.6. The summed E-state index contributed by atoms with van der Waals surface area (Å²) in [5, 5.41) is 2.72. The molecule has 0 spiro atoms. The van der Waals surface area contributed by atoms with E-state index in [1.54, 1.807) is 18.2 Å². The summed E-state index contributed by atoms with van der Waals surface area (Å²) in [6.45, 7) is 1.24. The molecule has 0 atom stereocenters. The van der Waals surface area contributed by atoms with Crippen LogP contribution < -0.4 is 14.3 Å². The molecule has 0 saturated carbocycles. The van der Waals surface area contributed by atoms with Gasteiger partial charge in [0.2, 0.25) is 15.9 Å². The number of aryl methyl sites for hydroxylation is 1. The average molecular weight is 577 g/mol. The zero-order valence-electron chi connectivity index (χ0n) is 18.4. The topological polar surface area (TPSA) is 113 Å². The van der Waals surface area contributed by atoms with Gasteiger partial charge in [-0.2, -0.15) is 0 Å². The van der Waals surface area contributed by atoms with Crippen molar-refractivity contribution in [2.24, 2.45) is 0 Å². The smallest absolute Gasteiger partial charge is 0.261 e. The van der Waals surface area contributed by atoms with Gasteiger partial charge in [0.15, 0.2) is 0 Å². The lowest BCUT2D eigenvalue weighted by Gasteiger charge is -2.23. The SMILES string of the molecule is Cc1cccc(NS(=O)(=O)c2ccc(NC(=O)CN(c3cc(Cl)c(Cl)cc3Cl)S(C)(=O)=O)cc2)c1. The quantitative estimate of drug-likeness (QED) is 0.360. The summed E-state index contributed by atoms with van der Waals surface area (Å²) < 4.78 is 53.2. The van der Waals surface area contributed by atoms with Gasteiger partial charge in [-0.05, 0) is 61.0 Å². The first-order valence-corrected chi connectivity index (χ1v) is 14.3. The number of carbonyl (C=O) groups excluding carboxylic acids is 1. The number of halogens is 3. The minimum atomic E-state index is -3.92. The van der Waals surface area contributed by atoms with Gasteiger partial charge in [0, 0.05) is 11.4 Å². The average Bonchev–Trinajstić information content (AvgIpc) is 2.74. The Kier molecular flexibility index (Phi) is 8.23. The number of hydrogen-bond acceptors (Lipinski definition) is 5. The van der Waals surface area contributed by atoms with E-state index in [0.717, 1.165) is 16.1 Å². The van der Waals surface area contributed by atoms with Crippen molar-refractivity contribution < 1.29 is 21.6 Å². The fourth-order valence-electron chi connectivity index (χ4n) is 3.06. The van der Waals surface area contributed by atoms with E-state index in [1.807, 2.05) is 13.0 Å². The Labute approximate surface area is 218 Å². The van der Waals surface area contributed by atoms with Gasteiger partial charge in [0.1, 0.15) is 6.54 Å². The van der Waals surface area contributed by atoms with Crippen molar-refractivity contribution in [3.63, 3.8) is 0 Å². The van der Waals surface area contributed by atoms with Crippen molar-refractivity contribution >= 4 is 77.8 Å². The van der Waals surface area contributed by atoms with Crippen molar-refractivity contribution in [3.8, 4) is 0 Å². The number of anilines is 3. The summed E-state index contributed by atoms with van der Waals surface area (Å²) in [6.07, 6.45) is 0.917. The molecule has 35 heavy (non-hydrogen) atoms. The fourth-order valence-corrected chi connectivity index (χ4v) is 5.66. The molecule has 0 unspecified atom stereocenters. The molecule has 0 aliphatic carbocycles. The maximum Gasteiger partial charge on any atom is 0.261 e. The lowest BCUT2D eigenvalue weighted by molar-refractivity contribution is -0.114. The lowest BCUT2D eigenvalue weighted by atomic mass is 10.2. The highest BCUT2D eigenvalue weighted by atomic mass is 35.5. The number of nitrogens with zero attached hydrogens (tertiary/aromatic N) is 1. The van der Waals surface area contributed by atoms with Crippen LogP contribution in [-0.2, 0) is 24.8 Å². The Morgan fingerprint density at radius 1 is 0.857 bits per heavy atom. The molecule has 3 aromatic rings. The van der Waals surface area contributed by atoms with Gasteiger partial charge < -0.3 is 5.32 Å². The number of nitrogens with one attached hydrogen (secondary N) is 2. The molecule has 13 heteroatoms. The van der Waals surface area contributed by atoms with E-state index in [0.29, 0.717) is 5.69 Å². The van der Waals surface area contributed by atoms with Crippen LogP contribution >= 0.6 is 34.8 Å². The highest BCUT2D eigenvalue weighted by Crippen LogP contribution is 2.35. The molecule has 0 saturated heterocycles. The van der Waals surface area contributed by atoms with E-state index in [2.05, 4.69) is 10.0 Å². The van der Waals surface area contributed by atoms with E-state index < -0.39 is 32.5 Å².